The van der Waals surface area contributed by atoms with E-state index in [1.165, 1.54) is 0 Å². The van der Waals surface area contributed by atoms with Gasteiger partial charge in [-0.3, -0.25) is 4.79 Å². The van der Waals surface area contributed by atoms with Gasteiger partial charge in [0.2, 0.25) is 0 Å². The van der Waals surface area contributed by atoms with Gasteiger partial charge in [-0.25, -0.2) is 5.90 Å². The van der Waals surface area contributed by atoms with Crippen LogP contribution in [0.25, 0.3) is 0 Å². The number of oxime groups is 1. The summed E-state index contributed by atoms with van der Waals surface area (Å²) in [6.07, 6.45) is 0.864. The van der Waals surface area contributed by atoms with Crippen LogP contribution in [0.15, 0.2) is 5.16 Å². The quantitative estimate of drug-likeness (QED) is 0.253. The molecule has 0 aliphatic rings. The van der Waals surface area contributed by atoms with Gasteiger partial charge in [-0.05, 0) is 0 Å². The lowest BCUT2D eigenvalue weighted by molar-refractivity contribution is -0.111. The van der Waals surface area contributed by atoms with Crippen molar-refractivity contribution >= 4 is 12.1 Å². The van der Waals surface area contributed by atoms with E-state index >= 15 is 0 Å². The van der Waals surface area contributed by atoms with Crippen LogP contribution in [0.3, 0.4) is 0 Å². The Morgan fingerprint density at radius 1 is 1.19 bits per heavy atom. The molecule has 0 heterocycles. The van der Waals surface area contributed by atoms with Gasteiger partial charge in [0.25, 0.3) is 5.91 Å². The Hall–Kier alpha value is -1.22. The second-order valence-corrected chi connectivity index (χ2v) is 2.53. The first-order chi connectivity index (χ1) is 8.31. The van der Waals surface area contributed by atoms with Crippen molar-refractivity contribution in [1.29, 1.82) is 0 Å². The highest BCUT2D eigenvalue weighted by molar-refractivity contribution is 6.25. The monoisotopic (exact) mass is 236 g/mol. The first-order valence-corrected chi connectivity index (χ1v) is 4.65. The Morgan fingerprint density at radius 2 is 1.81 bits per heavy atom. The maximum atomic E-state index is 10.5. The zero-order chi connectivity index (χ0) is 12.8. The maximum absolute atomic E-state index is 10.5. The summed E-state index contributed by atoms with van der Waals surface area (Å²) < 4.78 is 16.6. The first-order valence-electron chi connectivity index (χ1n) is 5.15. The van der Waals surface area contributed by atoms with Gasteiger partial charge in [0.15, 0.2) is 1.41 Å². The average Bonchev–Trinajstić information content (AvgIpc) is 2.35. The van der Waals surface area contributed by atoms with E-state index < -0.39 is 5.91 Å². The molecule has 0 aliphatic carbocycles. The van der Waals surface area contributed by atoms with Crippen molar-refractivity contribution in [2.75, 3.05) is 39.6 Å². The second kappa shape index (κ2) is 11.9. The topological polar surface area (TPSA) is 118 Å². The first kappa shape index (κ1) is 12.8. The highest BCUT2D eigenvalue weighted by atomic mass is 16.6. The predicted molar refractivity (Wildman–Crippen MR) is 55.4 cm³/mol. The van der Waals surface area contributed by atoms with Crippen LogP contribution in [0.2, 0.25) is 1.41 Å². The fourth-order valence-electron chi connectivity index (χ4n) is 0.663. The molecule has 0 saturated heterocycles. The molecule has 0 spiro atoms. The lowest BCUT2D eigenvalue weighted by Gasteiger charge is -2.04. The molecule has 8 heteroatoms. The third kappa shape index (κ3) is 12.8. The number of primary amides is 1. The molecule has 0 aromatic rings. The predicted octanol–water partition coefficient (Wildman–Crippen LogP) is -1.60. The fraction of sp³-hybridized carbons (Fsp3) is 0.750. The smallest absolute Gasteiger partial charge is 0.263 e. The van der Waals surface area contributed by atoms with Crippen LogP contribution in [0.4, 0.5) is 0 Å². The summed E-state index contributed by atoms with van der Waals surface area (Å²) in [7, 11) is 0. The number of hydrogen-bond acceptors (Lipinski definition) is 7. The molecule has 1 amide bonds. The normalized spacial score (nSPS) is 11.4. The number of carbonyl (C=O) groups excluding carboxylic acids is 1. The third-order valence-electron chi connectivity index (χ3n) is 1.28. The summed E-state index contributed by atoms with van der Waals surface area (Å²) in [5.74, 6) is 4.14. The molecule has 8 nitrogen and oxygen atoms in total. The Labute approximate surface area is 94.9 Å². The van der Waals surface area contributed by atoms with Crippen molar-refractivity contribution in [3.8, 4) is 0 Å². The summed E-state index contributed by atoms with van der Waals surface area (Å²) in [6, 6.07) is 0. The zero-order valence-electron chi connectivity index (χ0n) is 9.89. The fourth-order valence-corrected chi connectivity index (χ4v) is 0.663. The van der Waals surface area contributed by atoms with E-state index in [0.29, 0.717) is 33.0 Å². The summed E-state index contributed by atoms with van der Waals surface area (Å²) >= 11 is 0. The Balaban J connectivity index is 3.08. The Morgan fingerprint density at radius 3 is 2.44 bits per heavy atom. The summed E-state index contributed by atoms with van der Waals surface area (Å²) in [4.78, 5) is 19.4. The number of nitrogens with zero attached hydrogens (tertiary/aromatic N) is 1. The van der Waals surface area contributed by atoms with Crippen LogP contribution >= 0.6 is 0 Å². The molecule has 0 radical (unpaired) electrons. The number of carbonyl (C=O) groups is 1. The number of ether oxygens (including phenoxy) is 2. The largest absolute Gasteiger partial charge is 0.393 e. The minimum atomic E-state index is -0.651. The van der Waals surface area contributed by atoms with Gasteiger partial charge in [-0.1, -0.05) is 5.16 Å². The summed E-state index contributed by atoms with van der Waals surface area (Å²) in [5.41, 5.74) is 1.62. The van der Waals surface area contributed by atoms with Gasteiger partial charge < -0.3 is 24.9 Å². The molecule has 0 aromatic carbocycles. The standard InChI is InChI=1S/C8H17N3O5/c9-8(12)7-11-16-6-4-14-2-1-13-3-5-15-10/h7H,1-6,10H2,(H2,9,12)/b11-7+/i/hD. The van der Waals surface area contributed by atoms with Crippen LogP contribution in [0, 0.1) is 0 Å². The third-order valence-corrected chi connectivity index (χ3v) is 1.28. The molecule has 0 aromatic heterocycles. The summed E-state index contributed by atoms with van der Waals surface area (Å²) in [6.45, 7) is 2.17. The average molecular weight is 236 g/mol. The maximum Gasteiger partial charge on any atom is 0.263 e. The SMILES string of the molecule is [2H]NC(=O)/C=N/OCCOCCOCCON. The number of rotatable bonds is 11. The van der Waals surface area contributed by atoms with Gasteiger partial charge in [0.05, 0.1) is 33.0 Å². The van der Waals surface area contributed by atoms with Crippen molar-refractivity contribution in [3.05, 3.63) is 0 Å². The van der Waals surface area contributed by atoms with E-state index in [2.05, 4.69) is 14.8 Å². The van der Waals surface area contributed by atoms with E-state index in [9.17, 15) is 4.79 Å². The minimum absolute atomic E-state index is 0.216. The minimum Gasteiger partial charge on any atom is -0.393 e. The lowest BCUT2D eigenvalue weighted by Crippen LogP contribution is -2.13. The molecule has 0 atom stereocenters. The van der Waals surface area contributed by atoms with E-state index in [4.69, 9.17) is 16.8 Å². The highest BCUT2D eigenvalue weighted by Gasteiger charge is 1.91. The van der Waals surface area contributed by atoms with Crippen molar-refractivity contribution < 1.29 is 25.4 Å². The van der Waals surface area contributed by atoms with Crippen LogP contribution in [-0.4, -0.2) is 51.8 Å². The molecule has 0 unspecified atom stereocenters. The molecule has 0 fully saturated rings. The van der Waals surface area contributed by atoms with Crippen LogP contribution in [0.5, 0.6) is 0 Å². The van der Waals surface area contributed by atoms with Crippen molar-refractivity contribution in [1.82, 2.24) is 0 Å². The molecule has 0 rings (SSSR count). The summed E-state index contributed by atoms with van der Waals surface area (Å²) in [5, 5.41) is 3.30. The lowest BCUT2D eigenvalue weighted by atomic mass is 10.7. The molecule has 0 saturated carbocycles. The molecule has 94 valence electrons. The van der Waals surface area contributed by atoms with Crippen molar-refractivity contribution in [3.63, 3.8) is 0 Å². The molecule has 0 bridgehead atoms. The van der Waals surface area contributed by atoms with E-state index in [-0.39, 0.29) is 6.61 Å². The van der Waals surface area contributed by atoms with Crippen LogP contribution < -0.4 is 11.6 Å². The molecule has 4 N–H and O–H groups in total. The number of amides is 1. The Bertz CT molecular complexity index is 217. The van der Waals surface area contributed by atoms with Gasteiger partial charge in [-0.2, -0.15) is 0 Å². The van der Waals surface area contributed by atoms with Crippen molar-refractivity contribution in [2.45, 2.75) is 0 Å². The molecule has 0 aliphatic heterocycles. The second-order valence-electron chi connectivity index (χ2n) is 2.53. The number of nitrogens with two attached hydrogens (primary N) is 2. The van der Waals surface area contributed by atoms with Gasteiger partial charge in [0, 0.05) is 0 Å². The number of hydrogen-bond donors (Lipinski definition) is 2. The van der Waals surface area contributed by atoms with Crippen LogP contribution in [-0.2, 0) is 23.9 Å². The zero-order valence-corrected chi connectivity index (χ0v) is 8.89. The molecular formula is C8H17N3O5. The van der Waals surface area contributed by atoms with E-state index in [1.807, 2.05) is 0 Å². The van der Waals surface area contributed by atoms with Gasteiger partial charge in [0.1, 0.15) is 12.8 Å². The van der Waals surface area contributed by atoms with Crippen LogP contribution in [0.1, 0.15) is 0 Å². The Kier molecular flexibility index (Phi) is 9.52. The van der Waals surface area contributed by atoms with Crippen molar-refractivity contribution in [2.24, 2.45) is 16.8 Å². The molecular weight excluding hydrogens is 218 g/mol. The van der Waals surface area contributed by atoms with Gasteiger partial charge in [-0.15, -0.1) is 0 Å². The van der Waals surface area contributed by atoms with E-state index in [0.717, 1.165) is 6.21 Å². The molecule has 16 heavy (non-hydrogen) atoms. The highest BCUT2D eigenvalue weighted by Crippen LogP contribution is 1.81. The van der Waals surface area contributed by atoms with Gasteiger partial charge >= 0.3 is 0 Å². The van der Waals surface area contributed by atoms with E-state index in [1.54, 1.807) is 5.73 Å².